The average Bonchev–Trinajstić information content (AvgIpc) is 3.08. The van der Waals surface area contributed by atoms with Crippen molar-refractivity contribution in [1.82, 2.24) is 0 Å². The fourth-order valence-electron chi connectivity index (χ4n) is 8.69. The summed E-state index contributed by atoms with van der Waals surface area (Å²) in [6.45, 7) is 16.6. The molecule has 0 spiro atoms. The Hall–Kier alpha value is -1.34. The molecule has 0 bridgehead atoms. The predicted octanol–water partition coefficient (Wildman–Crippen LogP) is 2.45. The normalized spacial score (nSPS) is 48.5. The first-order chi connectivity index (χ1) is 24.3. The molecular formula is C38H69NO14. The number of rotatable bonds is 8. The number of carbonyl (C=O) groups is 2. The third kappa shape index (κ3) is 9.80. The van der Waals surface area contributed by atoms with E-state index in [0.717, 1.165) is 0 Å². The van der Waals surface area contributed by atoms with Crippen molar-refractivity contribution >= 4 is 11.8 Å². The average molecular weight is 764 g/mol. The minimum Gasteiger partial charge on any atom is -0.633 e. The molecule has 4 N–H and O–H groups in total. The Labute approximate surface area is 315 Å². The summed E-state index contributed by atoms with van der Waals surface area (Å²) in [7, 11) is 5.84. The molecule has 18 atom stereocenters. The van der Waals surface area contributed by atoms with Crippen LogP contribution >= 0.6 is 0 Å². The molecule has 3 saturated heterocycles. The zero-order valence-corrected chi connectivity index (χ0v) is 34.3. The third-order valence-electron chi connectivity index (χ3n) is 12.4. The van der Waals surface area contributed by atoms with Gasteiger partial charge in [-0.3, -0.25) is 9.59 Å². The van der Waals surface area contributed by atoms with E-state index in [-0.39, 0.29) is 31.5 Å². The second-order valence-electron chi connectivity index (χ2n) is 17.1. The van der Waals surface area contributed by atoms with Crippen LogP contribution in [-0.4, -0.2) is 149 Å². The predicted molar refractivity (Wildman–Crippen MR) is 193 cm³/mol. The Kier molecular flexibility index (Phi) is 15.1. The number of Topliss-reactive ketones (excluding diaryl/α,β-unsaturated/α-hetero) is 1. The lowest BCUT2D eigenvalue weighted by Gasteiger charge is -2.51. The van der Waals surface area contributed by atoms with Gasteiger partial charge in [0.25, 0.3) is 0 Å². The first-order valence-electron chi connectivity index (χ1n) is 19.1. The summed E-state index contributed by atoms with van der Waals surface area (Å²) in [5, 5.41) is 58.7. The largest absolute Gasteiger partial charge is 0.633 e. The molecule has 310 valence electrons. The van der Waals surface area contributed by atoms with Gasteiger partial charge in [0, 0.05) is 44.8 Å². The molecule has 15 nitrogen and oxygen atoms in total. The topological polar surface area (TPSA) is 203 Å². The molecule has 3 fully saturated rings. The molecule has 3 aliphatic rings. The van der Waals surface area contributed by atoms with Crippen LogP contribution in [0.5, 0.6) is 0 Å². The Bertz CT molecular complexity index is 1230. The van der Waals surface area contributed by atoms with Crippen molar-refractivity contribution < 1.29 is 67.8 Å². The highest BCUT2D eigenvalue weighted by Crippen LogP contribution is 2.42. The summed E-state index contributed by atoms with van der Waals surface area (Å²) in [6, 6.07) is -0.788. The standard InChI is InChI=1S/C38H69NO14/c1-15-26-38(10,45)31(42)21(4)28(40)19(2)17-37(9,48-14)33(53-35-29(41)25(39(11,12)46)16-20(3)49-35)22(5)30(23(6)34(44)51-26)52-27-18-36(8,47-13)32(43)24(7)50-27/h19-27,29-33,35,41-43,45H,15-18H2,1-14H3/t19-,20-,21+,22+,23-,24+,25+,26?,27+,29-,30?,31-,32+,33-,35+,36-,37-,38-/m1/s1. The fourth-order valence-corrected chi connectivity index (χ4v) is 8.69. The number of carbonyl (C=O) groups excluding carboxylic acids is 2. The maximum absolute atomic E-state index is 14.2. The van der Waals surface area contributed by atoms with Crippen molar-refractivity contribution in [2.45, 2.75) is 179 Å². The number of quaternary nitrogens is 1. The van der Waals surface area contributed by atoms with Gasteiger partial charge in [-0.05, 0) is 54.4 Å². The Balaban J connectivity index is 2.23. The van der Waals surface area contributed by atoms with Gasteiger partial charge in [-0.25, -0.2) is 0 Å². The quantitative estimate of drug-likeness (QED) is 0.160. The van der Waals surface area contributed by atoms with E-state index in [1.807, 2.05) is 0 Å². The summed E-state index contributed by atoms with van der Waals surface area (Å²) in [5.41, 5.74) is -4.38. The molecule has 0 aromatic rings. The number of methoxy groups -OCH3 is 2. The van der Waals surface area contributed by atoms with E-state index in [1.54, 1.807) is 55.4 Å². The smallest absolute Gasteiger partial charge is 0.311 e. The summed E-state index contributed by atoms with van der Waals surface area (Å²) in [4.78, 5) is 28.2. The highest BCUT2D eigenvalue weighted by molar-refractivity contribution is 5.83. The van der Waals surface area contributed by atoms with Crippen molar-refractivity contribution in [3.05, 3.63) is 5.21 Å². The molecule has 3 aliphatic heterocycles. The molecule has 53 heavy (non-hydrogen) atoms. The molecule has 2 unspecified atom stereocenters. The maximum atomic E-state index is 14.2. The van der Waals surface area contributed by atoms with Gasteiger partial charge in [-0.15, -0.1) is 0 Å². The number of ketones is 1. The maximum Gasteiger partial charge on any atom is 0.311 e. The molecule has 15 heteroatoms. The van der Waals surface area contributed by atoms with Gasteiger partial charge in [-0.2, -0.15) is 0 Å². The summed E-state index contributed by atoms with van der Waals surface area (Å²) < 4.78 is 42.8. The summed E-state index contributed by atoms with van der Waals surface area (Å²) in [5.74, 6) is -4.76. The SMILES string of the molecule is CCC1OC(=O)[C@H](C)C(O[C@H]2C[C@@](C)(OC)[C@@H](O)[C@H](C)O2)[C@H](C)[C@@H](O[C@@H]2O[C@H](C)C[C@H]([N+](C)(C)[O-])[C@H]2O)[C@](C)(OC)C[C@@H](C)C(=O)[C@H](C)[C@@H](O)[C@]1(C)O. The summed E-state index contributed by atoms with van der Waals surface area (Å²) >= 11 is 0. The molecule has 0 aromatic heterocycles. The van der Waals surface area contributed by atoms with E-state index >= 15 is 0 Å². The molecule has 0 aromatic carbocycles. The lowest BCUT2D eigenvalue weighted by molar-refractivity contribution is -0.874. The minimum atomic E-state index is -1.99. The van der Waals surface area contributed by atoms with Crippen molar-refractivity contribution in [2.24, 2.45) is 23.7 Å². The zero-order valence-electron chi connectivity index (χ0n) is 34.3. The van der Waals surface area contributed by atoms with Crippen LogP contribution in [-0.2, 0) is 42.7 Å². The van der Waals surface area contributed by atoms with Crippen molar-refractivity contribution in [3.8, 4) is 0 Å². The first kappa shape index (κ1) is 46.0. The van der Waals surface area contributed by atoms with Crippen LogP contribution in [0.2, 0.25) is 0 Å². The van der Waals surface area contributed by atoms with E-state index in [9.17, 15) is 35.2 Å². The van der Waals surface area contributed by atoms with Crippen LogP contribution < -0.4 is 0 Å². The third-order valence-corrected chi connectivity index (χ3v) is 12.4. The zero-order chi connectivity index (χ0) is 40.6. The van der Waals surface area contributed by atoms with Gasteiger partial charge in [0.2, 0.25) is 0 Å². The van der Waals surface area contributed by atoms with Crippen LogP contribution in [0.1, 0.15) is 94.9 Å². The van der Waals surface area contributed by atoms with Crippen LogP contribution in [0, 0.1) is 28.9 Å². The molecule has 0 aliphatic carbocycles. The van der Waals surface area contributed by atoms with Crippen LogP contribution in [0.15, 0.2) is 0 Å². The molecule has 0 radical (unpaired) electrons. The lowest BCUT2D eigenvalue weighted by Crippen LogP contribution is -2.63. The van der Waals surface area contributed by atoms with Gasteiger partial charge >= 0.3 is 5.97 Å². The number of hydrogen-bond acceptors (Lipinski definition) is 14. The fraction of sp³-hybridized carbons (Fsp3) is 0.947. The number of likely N-dealkylation sites (N-methyl/N-ethyl adjacent to an activating group) is 1. The monoisotopic (exact) mass is 763 g/mol. The molecule has 3 rings (SSSR count). The van der Waals surface area contributed by atoms with Crippen LogP contribution in [0.4, 0.5) is 0 Å². The second kappa shape index (κ2) is 17.4. The van der Waals surface area contributed by atoms with Gasteiger partial charge in [0.15, 0.2) is 18.7 Å². The van der Waals surface area contributed by atoms with E-state index in [4.69, 9.17) is 33.2 Å². The number of hydroxylamine groups is 3. The van der Waals surface area contributed by atoms with Gasteiger partial charge < -0.3 is 63.4 Å². The van der Waals surface area contributed by atoms with Crippen molar-refractivity contribution in [2.75, 3.05) is 28.3 Å². The second-order valence-corrected chi connectivity index (χ2v) is 17.1. The van der Waals surface area contributed by atoms with Gasteiger partial charge in [-0.1, -0.05) is 27.7 Å². The highest BCUT2D eigenvalue weighted by Gasteiger charge is 2.54. The Morgan fingerprint density at radius 1 is 0.868 bits per heavy atom. The molecule has 3 heterocycles. The molecule has 0 amide bonds. The van der Waals surface area contributed by atoms with E-state index < -0.39 is 119 Å². The highest BCUT2D eigenvalue weighted by atomic mass is 16.7. The number of cyclic esters (lactones) is 1. The number of hydrogen-bond donors (Lipinski definition) is 4. The Morgan fingerprint density at radius 3 is 1.98 bits per heavy atom. The minimum absolute atomic E-state index is 0.0507. The van der Waals surface area contributed by atoms with E-state index in [2.05, 4.69) is 0 Å². The Morgan fingerprint density at radius 2 is 1.45 bits per heavy atom. The summed E-state index contributed by atoms with van der Waals surface area (Å²) in [6.07, 6.45) is -10.1. The number of aliphatic hydroxyl groups is 4. The first-order valence-corrected chi connectivity index (χ1v) is 19.1. The van der Waals surface area contributed by atoms with E-state index in [1.165, 1.54) is 42.2 Å². The van der Waals surface area contributed by atoms with Crippen LogP contribution in [0.3, 0.4) is 0 Å². The van der Waals surface area contributed by atoms with Gasteiger partial charge in [0.05, 0.1) is 61.7 Å². The number of aliphatic hydroxyl groups excluding tert-OH is 3. The van der Waals surface area contributed by atoms with E-state index in [0.29, 0.717) is 0 Å². The van der Waals surface area contributed by atoms with Crippen molar-refractivity contribution in [1.29, 1.82) is 0 Å². The van der Waals surface area contributed by atoms with Crippen molar-refractivity contribution in [3.63, 3.8) is 0 Å². The lowest BCUT2D eigenvalue weighted by atomic mass is 9.74. The number of esters is 1. The number of ether oxygens (including phenoxy) is 7. The molecule has 0 saturated carbocycles. The number of nitrogens with zero attached hydrogens (tertiary/aromatic N) is 1. The molecular weight excluding hydrogens is 694 g/mol. The van der Waals surface area contributed by atoms with Crippen LogP contribution in [0.25, 0.3) is 0 Å². The van der Waals surface area contributed by atoms with Gasteiger partial charge in [0.1, 0.15) is 29.6 Å².